The van der Waals surface area contributed by atoms with E-state index in [1.54, 1.807) is 19.4 Å². The maximum absolute atomic E-state index is 11.9. The molecular formula is C13H19N5O2. The zero-order valence-electron chi connectivity index (χ0n) is 12.0. The lowest BCUT2D eigenvalue weighted by molar-refractivity contribution is 0.619. The van der Waals surface area contributed by atoms with E-state index in [2.05, 4.69) is 10.3 Å². The predicted molar refractivity (Wildman–Crippen MR) is 75.5 cm³/mol. The van der Waals surface area contributed by atoms with Gasteiger partial charge in [0.05, 0.1) is 0 Å². The third-order valence-electron chi connectivity index (χ3n) is 3.28. The largest absolute Gasteiger partial charge is 0.338 e. The molecule has 0 amide bonds. The average molecular weight is 277 g/mol. The molecule has 2 rings (SSSR count). The molecule has 0 atom stereocenters. The van der Waals surface area contributed by atoms with Gasteiger partial charge in [-0.1, -0.05) is 0 Å². The van der Waals surface area contributed by atoms with Gasteiger partial charge < -0.3 is 14.5 Å². The molecule has 0 fully saturated rings. The third kappa shape index (κ3) is 2.88. The van der Waals surface area contributed by atoms with E-state index in [4.69, 9.17) is 0 Å². The molecule has 7 heteroatoms. The van der Waals surface area contributed by atoms with Gasteiger partial charge in [0.25, 0.3) is 5.56 Å². The molecule has 0 aliphatic carbocycles. The number of aromatic nitrogens is 4. The van der Waals surface area contributed by atoms with Crippen molar-refractivity contribution in [1.29, 1.82) is 0 Å². The number of hydrogen-bond donors (Lipinski definition) is 1. The summed E-state index contributed by atoms with van der Waals surface area (Å²) in [5.74, 6) is 0.992. The van der Waals surface area contributed by atoms with E-state index in [1.807, 2.05) is 17.8 Å². The van der Waals surface area contributed by atoms with Gasteiger partial charge >= 0.3 is 5.69 Å². The fraction of sp³-hybridized carbons (Fsp3) is 0.462. The Balaban J connectivity index is 1.97. The molecule has 0 bridgehead atoms. The minimum absolute atomic E-state index is 0.252. The van der Waals surface area contributed by atoms with Gasteiger partial charge in [-0.2, -0.15) is 0 Å². The summed E-state index contributed by atoms with van der Waals surface area (Å²) in [6, 6.07) is 0. The van der Waals surface area contributed by atoms with Gasteiger partial charge in [0.1, 0.15) is 5.82 Å². The highest BCUT2D eigenvalue weighted by atomic mass is 16.2. The zero-order valence-corrected chi connectivity index (χ0v) is 12.0. The number of hydrogen-bond acceptors (Lipinski definition) is 4. The lowest BCUT2D eigenvalue weighted by Crippen LogP contribution is -2.39. The number of nitrogens with one attached hydrogen (secondary N) is 1. The van der Waals surface area contributed by atoms with Crippen LogP contribution < -0.4 is 16.6 Å². The first-order chi connectivity index (χ1) is 9.50. The first-order valence-corrected chi connectivity index (χ1v) is 6.43. The van der Waals surface area contributed by atoms with Crippen LogP contribution in [-0.2, 0) is 34.1 Å². The Hall–Kier alpha value is -2.15. The number of aryl methyl sites for hydroxylation is 2. The molecule has 7 nitrogen and oxygen atoms in total. The number of nitrogens with zero attached hydrogens (tertiary/aromatic N) is 4. The first-order valence-electron chi connectivity index (χ1n) is 6.43. The summed E-state index contributed by atoms with van der Waals surface area (Å²) in [5.41, 5.74) is 0.0128. The van der Waals surface area contributed by atoms with Gasteiger partial charge in [0, 0.05) is 64.8 Å². The average Bonchev–Trinajstić information content (AvgIpc) is 2.83. The van der Waals surface area contributed by atoms with Crippen LogP contribution in [0.4, 0.5) is 0 Å². The van der Waals surface area contributed by atoms with E-state index in [0.29, 0.717) is 12.1 Å². The van der Waals surface area contributed by atoms with Gasteiger partial charge in [-0.15, -0.1) is 0 Å². The summed E-state index contributed by atoms with van der Waals surface area (Å²) < 4.78 is 4.50. The molecular weight excluding hydrogens is 258 g/mol. The SMILES string of the molecule is Cn1ccnc1CCNCc1cn(C)c(=O)n(C)c1=O. The molecule has 0 unspecified atom stereocenters. The zero-order chi connectivity index (χ0) is 14.7. The molecule has 0 aliphatic heterocycles. The standard InChI is InChI=1S/C13H19N5O2/c1-16-7-6-15-11(16)4-5-14-8-10-9-17(2)13(20)18(3)12(10)19/h6-7,9,14H,4-5,8H2,1-3H3. The molecule has 108 valence electrons. The molecule has 2 heterocycles. The van der Waals surface area contributed by atoms with E-state index < -0.39 is 0 Å². The van der Waals surface area contributed by atoms with Crippen LogP contribution >= 0.6 is 0 Å². The van der Waals surface area contributed by atoms with E-state index in [0.717, 1.165) is 23.4 Å². The van der Waals surface area contributed by atoms with Crippen LogP contribution in [0, 0.1) is 0 Å². The fourth-order valence-electron chi connectivity index (χ4n) is 2.06. The highest BCUT2D eigenvalue weighted by Crippen LogP contribution is 1.94. The molecule has 1 N–H and O–H groups in total. The molecule has 0 aliphatic rings. The van der Waals surface area contributed by atoms with Crippen LogP contribution in [-0.4, -0.2) is 25.2 Å². The summed E-state index contributed by atoms with van der Waals surface area (Å²) in [6.07, 6.45) is 6.03. The van der Waals surface area contributed by atoms with Crippen molar-refractivity contribution >= 4 is 0 Å². The minimum Gasteiger partial charge on any atom is -0.338 e. The van der Waals surface area contributed by atoms with Crippen molar-refractivity contribution in [2.75, 3.05) is 6.54 Å². The molecule has 2 aromatic rings. The molecule has 0 radical (unpaired) electrons. The highest BCUT2D eigenvalue weighted by molar-refractivity contribution is 5.05. The summed E-state index contributed by atoms with van der Waals surface area (Å²) in [7, 11) is 5.08. The molecule has 0 saturated heterocycles. The Labute approximate surface area is 116 Å². The molecule has 20 heavy (non-hydrogen) atoms. The number of rotatable bonds is 5. The monoisotopic (exact) mass is 277 g/mol. The van der Waals surface area contributed by atoms with Gasteiger partial charge in [-0.3, -0.25) is 9.36 Å². The highest BCUT2D eigenvalue weighted by Gasteiger charge is 2.06. The van der Waals surface area contributed by atoms with Crippen molar-refractivity contribution in [3.63, 3.8) is 0 Å². The molecule has 0 aromatic carbocycles. The first kappa shape index (κ1) is 14.3. The second-order valence-corrected chi connectivity index (χ2v) is 4.79. The lowest BCUT2D eigenvalue weighted by Gasteiger charge is -2.08. The van der Waals surface area contributed by atoms with Crippen LogP contribution in [0.3, 0.4) is 0 Å². The summed E-state index contributed by atoms with van der Waals surface area (Å²) in [5, 5.41) is 3.20. The lowest BCUT2D eigenvalue weighted by atomic mass is 10.3. The third-order valence-corrected chi connectivity index (χ3v) is 3.28. The van der Waals surface area contributed by atoms with Gasteiger partial charge in [0.2, 0.25) is 0 Å². The van der Waals surface area contributed by atoms with E-state index in [1.165, 1.54) is 11.6 Å². The second kappa shape index (κ2) is 5.87. The second-order valence-electron chi connectivity index (χ2n) is 4.79. The maximum atomic E-state index is 11.9. The van der Waals surface area contributed by atoms with Crippen molar-refractivity contribution in [2.24, 2.45) is 21.1 Å². The number of imidazole rings is 1. The Morgan fingerprint density at radius 3 is 2.60 bits per heavy atom. The molecule has 0 saturated carbocycles. The van der Waals surface area contributed by atoms with E-state index in [9.17, 15) is 9.59 Å². The normalized spacial score (nSPS) is 10.9. The Bertz CT molecular complexity index is 710. The Morgan fingerprint density at radius 1 is 1.20 bits per heavy atom. The van der Waals surface area contributed by atoms with Crippen molar-refractivity contribution in [3.8, 4) is 0 Å². The Morgan fingerprint density at radius 2 is 1.95 bits per heavy atom. The summed E-state index contributed by atoms with van der Waals surface area (Å²) in [4.78, 5) is 27.7. The van der Waals surface area contributed by atoms with Crippen molar-refractivity contribution in [3.05, 3.63) is 50.8 Å². The van der Waals surface area contributed by atoms with Crippen LogP contribution in [0.1, 0.15) is 11.4 Å². The summed E-state index contributed by atoms with van der Waals surface area (Å²) in [6.45, 7) is 1.15. The quantitative estimate of drug-likeness (QED) is 0.723. The van der Waals surface area contributed by atoms with Crippen molar-refractivity contribution < 1.29 is 0 Å². The minimum atomic E-state index is -0.313. The Kier molecular flexibility index (Phi) is 4.19. The van der Waals surface area contributed by atoms with Crippen LogP contribution in [0.5, 0.6) is 0 Å². The van der Waals surface area contributed by atoms with Crippen LogP contribution in [0.15, 0.2) is 28.2 Å². The summed E-state index contributed by atoms with van der Waals surface area (Å²) >= 11 is 0. The topological polar surface area (TPSA) is 73.8 Å². The van der Waals surface area contributed by atoms with Gasteiger partial charge in [0.15, 0.2) is 0 Å². The van der Waals surface area contributed by atoms with Gasteiger partial charge in [-0.05, 0) is 0 Å². The van der Waals surface area contributed by atoms with Crippen LogP contribution in [0.2, 0.25) is 0 Å². The van der Waals surface area contributed by atoms with Crippen molar-refractivity contribution in [1.82, 2.24) is 24.0 Å². The smallest absolute Gasteiger partial charge is 0.330 e. The van der Waals surface area contributed by atoms with E-state index in [-0.39, 0.29) is 11.2 Å². The molecule has 2 aromatic heterocycles. The maximum Gasteiger partial charge on any atom is 0.330 e. The van der Waals surface area contributed by atoms with Crippen LogP contribution in [0.25, 0.3) is 0 Å². The van der Waals surface area contributed by atoms with Gasteiger partial charge in [-0.25, -0.2) is 9.78 Å². The predicted octanol–water partition coefficient (Wildman–Crippen LogP) is -0.850. The molecule has 0 spiro atoms. The van der Waals surface area contributed by atoms with E-state index >= 15 is 0 Å². The van der Waals surface area contributed by atoms with Crippen molar-refractivity contribution in [2.45, 2.75) is 13.0 Å². The fourth-order valence-corrected chi connectivity index (χ4v) is 2.06.